The highest BCUT2D eigenvalue weighted by atomic mass is 79.9. The van der Waals surface area contributed by atoms with Crippen LogP contribution in [0.5, 0.6) is 0 Å². The van der Waals surface area contributed by atoms with Crippen LogP contribution < -0.4 is 10.6 Å². The van der Waals surface area contributed by atoms with Gasteiger partial charge < -0.3 is 20.1 Å². The van der Waals surface area contributed by atoms with E-state index in [0.29, 0.717) is 24.0 Å². The van der Waals surface area contributed by atoms with Gasteiger partial charge >= 0.3 is 0 Å². The Morgan fingerprint density at radius 2 is 2.16 bits per heavy atom. The highest BCUT2D eigenvalue weighted by Gasteiger charge is 2.13. The number of hydrogen-bond donors (Lipinski definition) is 2. The second kappa shape index (κ2) is 11.4. The standard InChI is InChI=1S/C18H27BrFN3O2/c1-21-18(23-12-15-11-16(19)3-4-17(15)20)22-7-2-8-25-13-14-5-9-24-10-6-14/h3-4,11,14H,2,5-10,12-13H2,1H3,(H2,21,22,23). The fraction of sp³-hybridized carbons (Fsp3) is 0.611. The van der Waals surface area contributed by atoms with Gasteiger partial charge in [-0.2, -0.15) is 0 Å². The molecule has 1 heterocycles. The summed E-state index contributed by atoms with van der Waals surface area (Å²) in [5, 5.41) is 6.34. The summed E-state index contributed by atoms with van der Waals surface area (Å²) in [7, 11) is 1.70. The first kappa shape index (κ1) is 20.1. The third-order valence-electron chi connectivity index (χ3n) is 4.13. The summed E-state index contributed by atoms with van der Waals surface area (Å²) in [6, 6.07) is 4.90. The molecule has 0 saturated carbocycles. The minimum Gasteiger partial charge on any atom is -0.381 e. The van der Waals surface area contributed by atoms with Crippen LogP contribution in [0.15, 0.2) is 27.7 Å². The van der Waals surface area contributed by atoms with Gasteiger partial charge in [-0.3, -0.25) is 4.99 Å². The zero-order chi connectivity index (χ0) is 17.9. The summed E-state index contributed by atoms with van der Waals surface area (Å²) in [6.07, 6.45) is 3.09. The first-order chi connectivity index (χ1) is 12.2. The normalized spacial score (nSPS) is 16.0. The molecule has 0 bridgehead atoms. The molecule has 1 aromatic carbocycles. The van der Waals surface area contributed by atoms with Gasteiger partial charge in [0, 0.05) is 56.6 Å². The van der Waals surface area contributed by atoms with E-state index in [-0.39, 0.29) is 5.82 Å². The molecule has 1 aromatic rings. The van der Waals surface area contributed by atoms with E-state index in [2.05, 4.69) is 31.6 Å². The van der Waals surface area contributed by atoms with Crippen LogP contribution in [-0.2, 0) is 16.0 Å². The lowest BCUT2D eigenvalue weighted by molar-refractivity contribution is 0.0203. The van der Waals surface area contributed by atoms with Crippen molar-refractivity contribution in [3.05, 3.63) is 34.1 Å². The summed E-state index contributed by atoms with van der Waals surface area (Å²) in [5.74, 6) is 1.06. The maximum absolute atomic E-state index is 13.7. The van der Waals surface area contributed by atoms with Gasteiger partial charge in [-0.15, -0.1) is 0 Å². The third kappa shape index (κ3) is 7.71. The van der Waals surface area contributed by atoms with Crippen molar-refractivity contribution in [3.8, 4) is 0 Å². The Bertz CT molecular complexity index is 551. The van der Waals surface area contributed by atoms with Crippen molar-refractivity contribution in [3.63, 3.8) is 0 Å². The number of ether oxygens (including phenoxy) is 2. The van der Waals surface area contributed by atoms with Gasteiger partial charge in [-0.05, 0) is 43.4 Å². The smallest absolute Gasteiger partial charge is 0.191 e. The van der Waals surface area contributed by atoms with Crippen LogP contribution in [0, 0.1) is 11.7 Å². The predicted molar refractivity (Wildman–Crippen MR) is 101 cm³/mol. The van der Waals surface area contributed by atoms with Gasteiger partial charge in [0.1, 0.15) is 5.82 Å². The van der Waals surface area contributed by atoms with Crippen LogP contribution in [0.1, 0.15) is 24.8 Å². The number of halogens is 2. The van der Waals surface area contributed by atoms with Crippen LogP contribution >= 0.6 is 15.9 Å². The summed E-state index contributed by atoms with van der Waals surface area (Å²) in [4.78, 5) is 4.15. The maximum atomic E-state index is 13.7. The molecule has 1 fully saturated rings. The van der Waals surface area contributed by atoms with Crippen molar-refractivity contribution in [2.75, 3.05) is 40.0 Å². The molecular weight excluding hydrogens is 389 g/mol. The van der Waals surface area contributed by atoms with Gasteiger partial charge in [-0.25, -0.2) is 4.39 Å². The van der Waals surface area contributed by atoms with E-state index in [1.165, 1.54) is 6.07 Å². The first-order valence-electron chi connectivity index (χ1n) is 8.73. The summed E-state index contributed by atoms with van der Waals surface area (Å²) >= 11 is 3.35. The Morgan fingerprint density at radius 1 is 1.36 bits per heavy atom. The highest BCUT2D eigenvalue weighted by molar-refractivity contribution is 9.10. The molecule has 0 unspecified atom stereocenters. The molecule has 140 valence electrons. The lowest BCUT2D eigenvalue weighted by atomic mass is 10.0. The van der Waals surface area contributed by atoms with Crippen LogP contribution in [0.2, 0.25) is 0 Å². The second-order valence-corrected chi connectivity index (χ2v) is 6.99. The quantitative estimate of drug-likeness (QED) is 0.389. The number of rotatable bonds is 8. The van der Waals surface area contributed by atoms with Crippen LogP contribution in [-0.4, -0.2) is 46.0 Å². The minimum absolute atomic E-state index is 0.229. The molecule has 2 rings (SSSR count). The van der Waals surface area contributed by atoms with Crippen molar-refractivity contribution in [2.24, 2.45) is 10.9 Å². The second-order valence-electron chi connectivity index (χ2n) is 6.07. The molecule has 0 radical (unpaired) electrons. The minimum atomic E-state index is -0.229. The van der Waals surface area contributed by atoms with E-state index in [9.17, 15) is 4.39 Å². The lowest BCUT2D eigenvalue weighted by Gasteiger charge is -2.21. The van der Waals surface area contributed by atoms with E-state index in [1.54, 1.807) is 19.2 Å². The largest absolute Gasteiger partial charge is 0.381 e. The van der Waals surface area contributed by atoms with Crippen molar-refractivity contribution >= 4 is 21.9 Å². The molecule has 5 nitrogen and oxygen atoms in total. The van der Waals surface area contributed by atoms with Crippen molar-refractivity contribution in [2.45, 2.75) is 25.8 Å². The molecule has 25 heavy (non-hydrogen) atoms. The lowest BCUT2D eigenvalue weighted by Crippen LogP contribution is -2.37. The SMILES string of the molecule is CN=C(NCCCOCC1CCOCC1)NCc1cc(Br)ccc1F. The Hall–Kier alpha value is -1.18. The molecule has 1 aliphatic rings. The Kier molecular flexibility index (Phi) is 9.21. The number of guanidine groups is 1. The van der Waals surface area contributed by atoms with Crippen LogP contribution in [0.3, 0.4) is 0 Å². The third-order valence-corrected chi connectivity index (χ3v) is 4.62. The predicted octanol–water partition coefficient (Wildman–Crippen LogP) is 3.09. The number of benzene rings is 1. The Labute approximate surface area is 157 Å². The van der Waals surface area contributed by atoms with Gasteiger partial charge in [0.05, 0.1) is 0 Å². The summed E-state index contributed by atoms with van der Waals surface area (Å²) in [6.45, 7) is 4.39. The van der Waals surface area contributed by atoms with E-state index in [4.69, 9.17) is 9.47 Å². The molecule has 0 atom stereocenters. The molecule has 2 N–H and O–H groups in total. The Morgan fingerprint density at radius 3 is 2.92 bits per heavy atom. The molecule has 1 aliphatic heterocycles. The summed E-state index contributed by atoms with van der Waals surface area (Å²) in [5.41, 5.74) is 0.595. The van der Waals surface area contributed by atoms with E-state index in [0.717, 1.165) is 56.7 Å². The van der Waals surface area contributed by atoms with Crippen LogP contribution in [0.4, 0.5) is 4.39 Å². The van der Waals surface area contributed by atoms with Crippen LogP contribution in [0.25, 0.3) is 0 Å². The molecule has 0 aromatic heterocycles. The zero-order valence-electron chi connectivity index (χ0n) is 14.7. The number of nitrogens with one attached hydrogen (secondary N) is 2. The van der Waals surface area contributed by atoms with Crippen molar-refractivity contribution in [1.29, 1.82) is 0 Å². The molecular formula is C18H27BrFN3O2. The molecule has 7 heteroatoms. The highest BCUT2D eigenvalue weighted by Crippen LogP contribution is 2.15. The van der Waals surface area contributed by atoms with E-state index in [1.807, 2.05) is 0 Å². The zero-order valence-corrected chi connectivity index (χ0v) is 16.3. The number of hydrogen-bond acceptors (Lipinski definition) is 3. The number of nitrogens with zero attached hydrogens (tertiary/aromatic N) is 1. The monoisotopic (exact) mass is 415 g/mol. The molecule has 0 spiro atoms. The first-order valence-corrected chi connectivity index (χ1v) is 9.52. The molecule has 0 amide bonds. The van der Waals surface area contributed by atoms with Gasteiger partial charge in [0.15, 0.2) is 5.96 Å². The molecule has 0 aliphatic carbocycles. The van der Waals surface area contributed by atoms with E-state index >= 15 is 0 Å². The topological polar surface area (TPSA) is 54.9 Å². The summed E-state index contributed by atoms with van der Waals surface area (Å²) < 4.78 is 25.7. The van der Waals surface area contributed by atoms with Gasteiger partial charge in [0.25, 0.3) is 0 Å². The average Bonchev–Trinajstić information content (AvgIpc) is 2.64. The Balaban J connectivity index is 1.58. The molecule has 1 saturated heterocycles. The fourth-order valence-corrected chi connectivity index (χ4v) is 3.03. The maximum Gasteiger partial charge on any atom is 0.191 e. The van der Waals surface area contributed by atoms with E-state index < -0.39 is 0 Å². The fourth-order valence-electron chi connectivity index (χ4n) is 2.62. The van der Waals surface area contributed by atoms with Crippen molar-refractivity contribution in [1.82, 2.24) is 10.6 Å². The van der Waals surface area contributed by atoms with Crippen molar-refractivity contribution < 1.29 is 13.9 Å². The van der Waals surface area contributed by atoms with Gasteiger partial charge in [-0.1, -0.05) is 15.9 Å². The van der Waals surface area contributed by atoms with Gasteiger partial charge in [0.2, 0.25) is 0 Å². The average molecular weight is 416 g/mol. The number of aliphatic imine (C=N–C) groups is 1.